The number of hydrogen-bond acceptors (Lipinski definition) is 3. The second-order valence-electron chi connectivity index (χ2n) is 7.07. The highest BCUT2D eigenvalue weighted by Crippen LogP contribution is 2.19. The molecule has 152 valence electrons. The maximum atomic E-state index is 12.2. The van der Waals surface area contributed by atoms with Crippen LogP contribution >= 0.6 is 0 Å². The Morgan fingerprint density at radius 1 is 1.07 bits per heavy atom. The molecular weight excluding hydrogens is 372 g/mol. The van der Waals surface area contributed by atoms with Crippen molar-refractivity contribution in [3.63, 3.8) is 0 Å². The number of carbonyl (C=O) groups is 1. The maximum Gasteiger partial charge on any atom is 0.232 e. The first-order valence-corrected chi connectivity index (χ1v) is 11.5. The summed E-state index contributed by atoms with van der Waals surface area (Å²) in [5.41, 5.74) is 2.98. The molecule has 2 rings (SSSR count). The first kappa shape index (κ1) is 22.0. The lowest BCUT2D eigenvalue weighted by Gasteiger charge is -2.22. The Kier molecular flexibility index (Phi) is 8.05. The van der Waals surface area contributed by atoms with E-state index in [1.54, 1.807) is 0 Å². The molecule has 0 saturated heterocycles. The van der Waals surface area contributed by atoms with Crippen molar-refractivity contribution in [3.8, 4) is 0 Å². The summed E-state index contributed by atoms with van der Waals surface area (Å²) in [6.07, 6.45) is 2.86. The highest BCUT2D eigenvalue weighted by atomic mass is 32.2. The van der Waals surface area contributed by atoms with Gasteiger partial charge in [-0.2, -0.15) is 0 Å². The summed E-state index contributed by atoms with van der Waals surface area (Å²) in [6, 6.07) is 17.5. The van der Waals surface area contributed by atoms with Crippen LogP contribution in [0.3, 0.4) is 0 Å². The van der Waals surface area contributed by atoms with Gasteiger partial charge in [0.15, 0.2) is 0 Å². The molecule has 0 radical (unpaired) electrons. The summed E-state index contributed by atoms with van der Waals surface area (Å²) in [4.78, 5) is 12.2. The van der Waals surface area contributed by atoms with Crippen LogP contribution < -0.4 is 9.62 Å². The largest absolute Gasteiger partial charge is 0.356 e. The zero-order chi connectivity index (χ0) is 20.6. The van der Waals surface area contributed by atoms with Gasteiger partial charge in [-0.15, -0.1) is 0 Å². The molecule has 0 unspecified atom stereocenters. The first-order chi connectivity index (χ1) is 13.3. The van der Waals surface area contributed by atoms with Gasteiger partial charge in [0.05, 0.1) is 11.9 Å². The van der Waals surface area contributed by atoms with E-state index in [-0.39, 0.29) is 18.4 Å². The van der Waals surface area contributed by atoms with Crippen LogP contribution in [0.15, 0.2) is 54.6 Å². The number of amides is 1. The van der Waals surface area contributed by atoms with E-state index in [0.29, 0.717) is 25.1 Å². The SMILES string of the molecule is CCc1ccc(N(CCCC(=O)NC[C@@H](C)c2ccccc2)S(C)(=O)=O)cc1. The minimum absolute atomic E-state index is 0.0578. The minimum Gasteiger partial charge on any atom is -0.356 e. The van der Waals surface area contributed by atoms with Crippen LogP contribution in [0.4, 0.5) is 5.69 Å². The lowest BCUT2D eigenvalue weighted by molar-refractivity contribution is -0.121. The summed E-state index contributed by atoms with van der Waals surface area (Å²) >= 11 is 0. The summed E-state index contributed by atoms with van der Waals surface area (Å²) in [5, 5.41) is 2.94. The van der Waals surface area contributed by atoms with E-state index >= 15 is 0 Å². The third kappa shape index (κ3) is 6.68. The quantitative estimate of drug-likeness (QED) is 0.659. The number of sulfonamides is 1. The molecule has 1 amide bonds. The molecule has 0 fully saturated rings. The summed E-state index contributed by atoms with van der Waals surface area (Å²) < 4.78 is 25.7. The molecule has 2 aromatic rings. The van der Waals surface area contributed by atoms with Crippen molar-refractivity contribution in [2.24, 2.45) is 0 Å². The number of nitrogens with one attached hydrogen (secondary N) is 1. The third-order valence-electron chi connectivity index (χ3n) is 4.77. The predicted octanol–water partition coefficient (Wildman–Crippen LogP) is 3.72. The van der Waals surface area contributed by atoms with Crippen LogP contribution in [-0.2, 0) is 21.2 Å². The Morgan fingerprint density at radius 3 is 2.29 bits per heavy atom. The van der Waals surface area contributed by atoms with Crippen molar-refractivity contribution in [2.75, 3.05) is 23.7 Å². The monoisotopic (exact) mass is 402 g/mol. The molecule has 0 aliphatic heterocycles. The number of aryl methyl sites for hydroxylation is 1. The molecule has 0 aromatic heterocycles. The summed E-state index contributed by atoms with van der Waals surface area (Å²) in [6.45, 7) is 4.98. The topological polar surface area (TPSA) is 66.5 Å². The van der Waals surface area contributed by atoms with Crippen LogP contribution in [0.1, 0.15) is 43.7 Å². The molecule has 0 bridgehead atoms. The van der Waals surface area contributed by atoms with Gasteiger partial charge in [-0.25, -0.2) is 8.42 Å². The van der Waals surface area contributed by atoms with Crippen molar-refractivity contribution < 1.29 is 13.2 Å². The fourth-order valence-corrected chi connectivity index (χ4v) is 3.99. The van der Waals surface area contributed by atoms with Gasteiger partial charge >= 0.3 is 0 Å². The molecule has 0 heterocycles. The van der Waals surface area contributed by atoms with Gasteiger partial charge in [0.25, 0.3) is 0 Å². The number of benzene rings is 2. The van der Waals surface area contributed by atoms with Gasteiger partial charge in [-0.1, -0.05) is 56.3 Å². The van der Waals surface area contributed by atoms with Crippen molar-refractivity contribution in [1.82, 2.24) is 5.32 Å². The van der Waals surface area contributed by atoms with Crippen molar-refractivity contribution >= 4 is 21.6 Å². The zero-order valence-electron chi connectivity index (χ0n) is 16.9. The molecule has 2 aromatic carbocycles. The summed E-state index contributed by atoms with van der Waals surface area (Å²) in [5.74, 6) is 0.173. The van der Waals surface area contributed by atoms with Crippen LogP contribution in [0.5, 0.6) is 0 Å². The van der Waals surface area contributed by atoms with E-state index < -0.39 is 10.0 Å². The van der Waals surface area contributed by atoms with Crippen molar-refractivity contribution in [1.29, 1.82) is 0 Å². The van der Waals surface area contributed by atoms with Gasteiger partial charge in [0.2, 0.25) is 15.9 Å². The number of anilines is 1. The van der Waals surface area contributed by atoms with Gasteiger partial charge in [0.1, 0.15) is 0 Å². The smallest absolute Gasteiger partial charge is 0.232 e. The molecule has 0 aliphatic rings. The Morgan fingerprint density at radius 2 is 1.71 bits per heavy atom. The minimum atomic E-state index is -3.40. The van der Waals surface area contributed by atoms with Crippen LogP contribution in [0, 0.1) is 0 Å². The van der Waals surface area contributed by atoms with Crippen LogP contribution in [0.25, 0.3) is 0 Å². The molecule has 0 saturated carbocycles. The standard InChI is InChI=1S/C22H30N2O3S/c1-4-19-12-14-21(15-13-19)24(28(3,26)27)16-8-11-22(25)23-17-18(2)20-9-6-5-7-10-20/h5-7,9-10,12-15,18H,4,8,11,16-17H2,1-3H3,(H,23,25)/t18-/m1/s1. The van der Waals surface area contributed by atoms with Gasteiger partial charge in [-0.3, -0.25) is 9.10 Å². The van der Waals surface area contributed by atoms with Gasteiger partial charge in [-0.05, 0) is 42.0 Å². The van der Waals surface area contributed by atoms with Crippen LogP contribution in [-0.4, -0.2) is 33.7 Å². The predicted molar refractivity (Wildman–Crippen MR) is 115 cm³/mol. The molecule has 0 aliphatic carbocycles. The average Bonchev–Trinajstić information content (AvgIpc) is 2.69. The number of hydrogen-bond donors (Lipinski definition) is 1. The number of rotatable bonds is 10. The lowest BCUT2D eigenvalue weighted by atomic mass is 10.0. The highest BCUT2D eigenvalue weighted by molar-refractivity contribution is 7.92. The maximum absolute atomic E-state index is 12.2. The fraction of sp³-hybridized carbons (Fsp3) is 0.409. The zero-order valence-corrected chi connectivity index (χ0v) is 17.7. The molecule has 1 atom stereocenters. The van der Waals surface area contributed by atoms with E-state index in [1.807, 2.05) is 54.6 Å². The highest BCUT2D eigenvalue weighted by Gasteiger charge is 2.17. The fourth-order valence-electron chi connectivity index (χ4n) is 3.02. The van der Waals surface area contributed by atoms with Gasteiger partial charge < -0.3 is 5.32 Å². The first-order valence-electron chi connectivity index (χ1n) is 9.69. The van der Waals surface area contributed by atoms with Crippen LogP contribution in [0.2, 0.25) is 0 Å². The second kappa shape index (κ2) is 10.3. The van der Waals surface area contributed by atoms with E-state index in [0.717, 1.165) is 12.0 Å². The Hall–Kier alpha value is -2.34. The van der Waals surface area contributed by atoms with E-state index in [1.165, 1.54) is 16.1 Å². The molecule has 6 heteroatoms. The van der Waals surface area contributed by atoms with E-state index in [4.69, 9.17) is 0 Å². The average molecular weight is 403 g/mol. The lowest BCUT2D eigenvalue weighted by Crippen LogP contribution is -2.32. The van der Waals surface area contributed by atoms with Gasteiger partial charge in [0, 0.05) is 19.5 Å². The van der Waals surface area contributed by atoms with E-state index in [2.05, 4.69) is 19.2 Å². The Bertz CT molecular complexity index is 849. The molecule has 1 N–H and O–H groups in total. The molecule has 28 heavy (non-hydrogen) atoms. The van der Waals surface area contributed by atoms with Crippen molar-refractivity contribution in [3.05, 3.63) is 65.7 Å². The molecule has 5 nitrogen and oxygen atoms in total. The third-order valence-corrected chi connectivity index (χ3v) is 5.97. The van der Waals surface area contributed by atoms with E-state index in [9.17, 15) is 13.2 Å². The second-order valence-corrected chi connectivity index (χ2v) is 8.98. The number of carbonyl (C=O) groups excluding carboxylic acids is 1. The normalized spacial score (nSPS) is 12.4. The Balaban J connectivity index is 1.85. The Labute approximate surface area is 168 Å². The summed E-state index contributed by atoms with van der Waals surface area (Å²) in [7, 11) is -3.40. The van der Waals surface area contributed by atoms with Crippen molar-refractivity contribution in [2.45, 2.75) is 39.0 Å². The molecule has 0 spiro atoms. The molecular formula is C22H30N2O3S. The number of nitrogens with zero attached hydrogens (tertiary/aromatic N) is 1.